The highest BCUT2D eigenvalue weighted by Gasteiger charge is 2.31. The molecule has 1 aromatic carbocycles. The third kappa shape index (κ3) is 5.84. The molecule has 3 N–H and O–H groups in total. The monoisotopic (exact) mass is 512 g/mol. The number of aliphatic hydroxyl groups is 2. The fourth-order valence-corrected chi connectivity index (χ4v) is 4.17. The number of pyridine rings is 1. The minimum atomic E-state index is -1.04. The summed E-state index contributed by atoms with van der Waals surface area (Å²) in [4.78, 5) is 30.6. The first-order valence-electron chi connectivity index (χ1n) is 11.8. The topological polar surface area (TPSA) is 124 Å². The summed E-state index contributed by atoms with van der Waals surface area (Å²) in [5, 5.41) is 21.9. The van der Waals surface area contributed by atoms with Crippen molar-refractivity contribution in [2.24, 2.45) is 0 Å². The highest BCUT2D eigenvalue weighted by Crippen LogP contribution is 2.36. The molecule has 2 amide bonds. The van der Waals surface area contributed by atoms with Gasteiger partial charge in [0, 0.05) is 29.7 Å². The number of anilines is 3. The lowest BCUT2D eigenvalue weighted by Gasteiger charge is -2.28. The minimum Gasteiger partial charge on any atom is -0.474 e. The Morgan fingerprint density at radius 1 is 1.28 bits per heavy atom. The minimum absolute atomic E-state index is 0.114. The van der Waals surface area contributed by atoms with E-state index in [-0.39, 0.29) is 24.3 Å². The molecule has 1 unspecified atom stereocenters. The Morgan fingerprint density at radius 2 is 2.11 bits per heavy atom. The summed E-state index contributed by atoms with van der Waals surface area (Å²) in [7, 11) is 0. The molecule has 3 aromatic rings. The van der Waals surface area contributed by atoms with Gasteiger partial charge < -0.3 is 19.8 Å². The number of aromatic nitrogens is 3. The molecule has 0 saturated heterocycles. The Balaban J connectivity index is 1.65. The average Bonchev–Trinajstić information content (AvgIpc) is 3.02. The van der Waals surface area contributed by atoms with Crippen LogP contribution in [-0.2, 0) is 0 Å². The van der Waals surface area contributed by atoms with E-state index in [4.69, 9.17) is 26.4 Å². The first-order chi connectivity index (χ1) is 17.4. The number of amides is 2. The summed E-state index contributed by atoms with van der Waals surface area (Å²) in [6, 6.07) is 10.8. The van der Waals surface area contributed by atoms with Crippen LogP contribution < -0.4 is 19.9 Å². The van der Waals surface area contributed by atoms with Crippen LogP contribution in [-0.4, -0.2) is 69.6 Å². The number of rotatable bonds is 7. The lowest BCUT2D eigenvalue weighted by atomic mass is 10.1. The molecule has 0 saturated carbocycles. The molecule has 2 aromatic heterocycles. The van der Waals surface area contributed by atoms with Crippen LogP contribution in [0, 0.1) is 0 Å². The lowest BCUT2D eigenvalue weighted by molar-refractivity contribution is 0.0520. The van der Waals surface area contributed by atoms with E-state index in [2.05, 4.69) is 27.1 Å². The molecule has 0 fully saturated rings. The average molecular weight is 513 g/mol. The molecular formula is C25H29ClN6O4. The van der Waals surface area contributed by atoms with Crippen LogP contribution in [0.15, 0.2) is 48.8 Å². The normalized spacial score (nSPS) is 16.2. The maximum Gasteiger partial charge on any atom is 0.329 e. The standard InChI is InChI=1S/C25H29ClN6O4/c1-3-31-10-9-16(2)32(24-21(31)8-7-20(28-24)17-5-4-6-18(26)11-17)25(35)30-22-12-27-13-23(29-22)36-15-19(34)14-33/h4-8,11-13,16,19,33-34H,3,9-10,14-15H2,1-2H3,(H,29,30,35)/t16-,19?/m1/s1. The Hall–Kier alpha value is -3.47. The number of ether oxygens (including phenoxy) is 1. The van der Waals surface area contributed by atoms with Gasteiger partial charge in [-0.2, -0.15) is 4.98 Å². The van der Waals surface area contributed by atoms with Crippen molar-refractivity contribution in [2.45, 2.75) is 32.4 Å². The molecule has 190 valence electrons. The molecular weight excluding hydrogens is 484 g/mol. The summed E-state index contributed by atoms with van der Waals surface area (Å²) in [5.74, 6) is 0.846. The van der Waals surface area contributed by atoms with Gasteiger partial charge in [0.1, 0.15) is 12.7 Å². The van der Waals surface area contributed by atoms with E-state index in [9.17, 15) is 9.90 Å². The predicted octanol–water partition coefficient (Wildman–Crippen LogP) is 3.58. The fourth-order valence-electron chi connectivity index (χ4n) is 3.98. The molecule has 0 spiro atoms. The van der Waals surface area contributed by atoms with Gasteiger partial charge in [-0.05, 0) is 44.5 Å². The number of aliphatic hydroxyl groups excluding tert-OH is 2. The van der Waals surface area contributed by atoms with Crippen molar-refractivity contribution >= 4 is 35.0 Å². The molecule has 2 atom stereocenters. The number of hydrogen-bond acceptors (Lipinski definition) is 8. The van der Waals surface area contributed by atoms with Crippen LogP contribution in [0.2, 0.25) is 5.02 Å². The zero-order valence-corrected chi connectivity index (χ0v) is 20.9. The molecule has 36 heavy (non-hydrogen) atoms. The van der Waals surface area contributed by atoms with Gasteiger partial charge in [0.15, 0.2) is 11.6 Å². The molecule has 10 nitrogen and oxygen atoms in total. The zero-order chi connectivity index (χ0) is 25.7. The van der Waals surface area contributed by atoms with Gasteiger partial charge >= 0.3 is 6.03 Å². The van der Waals surface area contributed by atoms with Crippen molar-refractivity contribution in [3.63, 3.8) is 0 Å². The van der Waals surface area contributed by atoms with E-state index >= 15 is 0 Å². The summed E-state index contributed by atoms with van der Waals surface area (Å²) < 4.78 is 5.35. The van der Waals surface area contributed by atoms with Crippen LogP contribution in [0.3, 0.4) is 0 Å². The highest BCUT2D eigenvalue weighted by molar-refractivity contribution is 6.30. The van der Waals surface area contributed by atoms with Crippen molar-refractivity contribution < 1.29 is 19.7 Å². The number of benzene rings is 1. The molecule has 4 rings (SSSR count). The first kappa shape index (κ1) is 25.6. The van der Waals surface area contributed by atoms with Crippen molar-refractivity contribution in [1.29, 1.82) is 0 Å². The zero-order valence-electron chi connectivity index (χ0n) is 20.1. The van der Waals surface area contributed by atoms with Crippen LogP contribution in [0.5, 0.6) is 5.88 Å². The number of carbonyl (C=O) groups is 1. The van der Waals surface area contributed by atoms with E-state index in [1.54, 1.807) is 11.0 Å². The molecule has 3 heterocycles. The Labute approximate surface area is 214 Å². The van der Waals surface area contributed by atoms with Crippen LogP contribution in [0.1, 0.15) is 20.3 Å². The fraction of sp³-hybridized carbons (Fsp3) is 0.360. The summed E-state index contributed by atoms with van der Waals surface area (Å²) in [5.41, 5.74) is 2.42. The van der Waals surface area contributed by atoms with E-state index in [1.165, 1.54) is 12.4 Å². The molecule has 0 bridgehead atoms. The van der Waals surface area contributed by atoms with Gasteiger partial charge in [-0.15, -0.1) is 0 Å². The number of carbonyl (C=O) groups excluding carboxylic acids is 1. The predicted molar refractivity (Wildman–Crippen MR) is 139 cm³/mol. The SMILES string of the molecule is CCN1CC[C@@H](C)N(C(=O)Nc2cncc(OCC(O)CO)n2)c2nc(-c3cccc(Cl)c3)ccc21. The third-order valence-corrected chi connectivity index (χ3v) is 6.12. The Kier molecular flexibility index (Phi) is 8.19. The van der Waals surface area contributed by atoms with Gasteiger partial charge in [0.05, 0.1) is 30.4 Å². The molecule has 11 heteroatoms. The van der Waals surface area contributed by atoms with E-state index in [0.29, 0.717) is 16.5 Å². The van der Waals surface area contributed by atoms with E-state index in [0.717, 1.165) is 30.8 Å². The lowest BCUT2D eigenvalue weighted by Crippen LogP contribution is -2.42. The van der Waals surface area contributed by atoms with Crippen LogP contribution >= 0.6 is 11.6 Å². The van der Waals surface area contributed by atoms with Gasteiger partial charge in [-0.1, -0.05) is 23.7 Å². The van der Waals surface area contributed by atoms with Crippen LogP contribution in [0.25, 0.3) is 11.3 Å². The highest BCUT2D eigenvalue weighted by atomic mass is 35.5. The Bertz CT molecular complexity index is 1210. The van der Waals surface area contributed by atoms with Crippen molar-refractivity contribution in [3.8, 4) is 17.1 Å². The summed E-state index contributed by atoms with van der Waals surface area (Å²) in [6.07, 6.45) is 2.48. The first-order valence-corrected chi connectivity index (χ1v) is 12.1. The number of urea groups is 1. The van der Waals surface area contributed by atoms with Gasteiger partial charge in [0.25, 0.3) is 0 Å². The quantitative estimate of drug-likeness (QED) is 0.439. The second-order valence-electron chi connectivity index (χ2n) is 8.46. The number of halogens is 1. The van der Waals surface area contributed by atoms with Crippen molar-refractivity contribution in [1.82, 2.24) is 15.0 Å². The van der Waals surface area contributed by atoms with Gasteiger partial charge in [0.2, 0.25) is 5.88 Å². The van der Waals surface area contributed by atoms with Gasteiger partial charge in [-0.25, -0.2) is 9.78 Å². The maximum atomic E-state index is 13.6. The second kappa shape index (κ2) is 11.5. The van der Waals surface area contributed by atoms with Crippen molar-refractivity contribution in [2.75, 3.05) is 41.4 Å². The van der Waals surface area contributed by atoms with E-state index in [1.807, 2.05) is 37.3 Å². The second-order valence-corrected chi connectivity index (χ2v) is 8.89. The number of nitrogens with zero attached hydrogens (tertiary/aromatic N) is 5. The largest absolute Gasteiger partial charge is 0.474 e. The summed E-state index contributed by atoms with van der Waals surface area (Å²) in [6.45, 7) is 5.03. The number of hydrogen-bond donors (Lipinski definition) is 3. The molecule has 0 aliphatic carbocycles. The number of fused-ring (bicyclic) bond motifs is 1. The smallest absolute Gasteiger partial charge is 0.329 e. The number of nitrogens with one attached hydrogen (secondary N) is 1. The Morgan fingerprint density at radius 3 is 2.86 bits per heavy atom. The third-order valence-electron chi connectivity index (χ3n) is 5.88. The summed E-state index contributed by atoms with van der Waals surface area (Å²) >= 11 is 6.20. The van der Waals surface area contributed by atoms with Gasteiger partial charge in [-0.3, -0.25) is 15.2 Å². The molecule has 1 aliphatic heterocycles. The van der Waals surface area contributed by atoms with Crippen molar-refractivity contribution in [3.05, 3.63) is 53.8 Å². The van der Waals surface area contributed by atoms with Crippen LogP contribution in [0.4, 0.5) is 22.1 Å². The molecule has 1 aliphatic rings. The maximum absolute atomic E-state index is 13.6. The molecule has 0 radical (unpaired) electrons. The van der Waals surface area contributed by atoms with E-state index < -0.39 is 18.7 Å².